The van der Waals surface area contributed by atoms with Crippen LogP contribution in [0.4, 0.5) is 10.5 Å². The molecule has 1 unspecified atom stereocenters. The van der Waals surface area contributed by atoms with E-state index < -0.39 is 18.2 Å². The van der Waals surface area contributed by atoms with Crippen molar-refractivity contribution in [2.24, 2.45) is 0 Å². The summed E-state index contributed by atoms with van der Waals surface area (Å²) in [6.07, 6.45) is 0.0894. The Labute approximate surface area is 271 Å². The number of hydrogen-bond acceptors (Lipinski definition) is 8. The normalized spacial score (nSPS) is 20.8. The molecular formula is C36H45N3O7. The molecule has 246 valence electrons. The zero-order valence-corrected chi connectivity index (χ0v) is 27.2. The van der Waals surface area contributed by atoms with E-state index in [1.165, 1.54) is 9.80 Å². The van der Waals surface area contributed by atoms with Gasteiger partial charge in [0, 0.05) is 40.3 Å². The Kier molecular flexibility index (Phi) is 11.4. The van der Waals surface area contributed by atoms with E-state index in [0.717, 1.165) is 41.3 Å². The minimum Gasteiger partial charge on any atom is -0.497 e. The third-order valence-corrected chi connectivity index (χ3v) is 8.58. The molecule has 0 bridgehead atoms. The highest BCUT2D eigenvalue weighted by Gasteiger charge is 2.44. The lowest BCUT2D eigenvalue weighted by molar-refractivity contribution is -0.138. The van der Waals surface area contributed by atoms with E-state index in [2.05, 4.69) is 11.0 Å². The second-order valence-electron chi connectivity index (χ2n) is 11.9. The minimum absolute atomic E-state index is 0.112. The molecule has 0 radical (unpaired) electrons. The molecule has 2 heterocycles. The number of methoxy groups -OCH3 is 2. The molecule has 0 N–H and O–H groups in total. The Morgan fingerprint density at radius 1 is 0.935 bits per heavy atom. The van der Waals surface area contributed by atoms with Gasteiger partial charge in [0.2, 0.25) is 5.91 Å². The number of piperidine rings is 1. The van der Waals surface area contributed by atoms with Crippen molar-refractivity contribution in [1.82, 2.24) is 9.80 Å². The molecular weight excluding hydrogens is 586 g/mol. The molecule has 10 nitrogen and oxygen atoms in total. The molecule has 0 aromatic heterocycles. The van der Waals surface area contributed by atoms with Gasteiger partial charge in [-0.15, -0.1) is 0 Å². The van der Waals surface area contributed by atoms with Crippen molar-refractivity contribution in [3.8, 4) is 11.5 Å². The fourth-order valence-corrected chi connectivity index (χ4v) is 6.18. The number of likely N-dealkylation sites (tertiary alicyclic amines) is 1. The van der Waals surface area contributed by atoms with Crippen LogP contribution in [-0.2, 0) is 25.6 Å². The molecule has 4 atom stereocenters. The number of amides is 2. The van der Waals surface area contributed by atoms with Crippen LogP contribution in [0.25, 0.3) is 0 Å². The third kappa shape index (κ3) is 8.10. The van der Waals surface area contributed by atoms with E-state index in [1.807, 2.05) is 72.8 Å². The van der Waals surface area contributed by atoms with E-state index in [4.69, 9.17) is 23.7 Å². The topological polar surface area (TPSA) is 90.0 Å². The first-order chi connectivity index (χ1) is 22.4. The van der Waals surface area contributed by atoms with Gasteiger partial charge < -0.3 is 33.5 Å². The number of para-hydroxylation sites is 2. The highest BCUT2D eigenvalue weighted by Crippen LogP contribution is 2.37. The molecule has 46 heavy (non-hydrogen) atoms. The summed E-state index contributed by atoms with van der Waals surface area (Å²) in [5, 5.41) is 0. The van der Waals surface area contributed by atoms with Gasteiger partial charge in [0.15, 0.2) is 0 Å². The molecule has 1 saturated heterocycles. The maximum Gasteiger partial charge on any atom is 0.410 e. The fourth-order valence-electron chi connectivity index (χ4n) is 6.18. The lowest BCUT2D eigenvalue weighted by atomic mass is 9.82. The van der Waals surface area contributed by atoms with Crippen molar-refractivity contribution in [2.75, 3.05) is 66.1 Å². The van der Waals surface area contributed by atoms with Crippen molar-refractivity contribution in [3.05, 3.63) is 90.0 Å². The Balaban J connectivity index is 1.37. The lowest BCUT2D eigenvalue weighted by Crippen LogP contribution is -2.58. The van der Waals surface area contributed by atoms with Gasteiger partial charge in [-0.05, 0) is 48.2 Å². The Morgan fingerprint density at radius 2 is 1.67 bits per heavy atom. The molecule has 0 saturated carbocycles. The quantitative estimate of drug-likeness (QED) is 0.259. The number of fused-ring (bicyclic) bond motifs is 1. The lowest BCUT2D eigenvalue weighted by Gasteiger charge is -2.44. The maximum atomic E-state index is 13.6. The zero-order valence-electron chi connectivity index (χ0n) is 27.2. The van der Waals surface area contributed by atoms with Crippen LogP contribution in [0.2, 0.25) is 0 Å². The maximum absolute atomic E-state index is 13.6. The van der Waals surface area contributed by atoms with Crippen LogP contribution in [0.15, 0.2) is 78.9 Å². The molecule has 3 aromatic carbocycles. The van der Waals surface area contributed by atoms with Crippen molar-refractivity contribution in [1.29, 1.82) is 0 Å². The second kappa shape index (κ2) is 15.8. The second-order valence-corrected chi connectivity index (χ2v) is 11.9. The van der Waals surface area contributed by atoms with Crippen LogP contribution in [0.3, 0.4) is 0 Å². The summed E-state index contributed by atoms with van der Waals surface area (Å²) in [6, 6.07) is 24.7. The first-order valence-corrected chi connectivity index (χ1v) is 15.8. The molecule has 10 heteroatoms. The van der Waals surface area contributed by atoms with Crippen molar-refractivity contribution in [3.63, 3.8) is 0 Å². The summed E-state index contributed by atoms with van der Waals surface area (Å²) in [5.74, 6) is 1.24. The monoisotopic (exact) mass is 631 g/mol. The first-order valence-electron chi connectivity index (χ1n) is 15.8. The molecule has 2 aliphatic rings. The number of rotatable bonds is 12. The molecule has 5 rings (SSSR count). The number of hydrogen-bond donors (Lipinski definition) is 0. The van der Waals surface area contributed by atoms with Crippen LogP contribution in [0.1, 0.15) is 29.9 Å². The van der Waals surface area contributed by atoms with Gasteiger partial charge in [-0.25, -0.2) is 4.79 Å². The van der Waals surface area contributed by atoms with Gasteiger partial charge in [0.05, 0.1) is 38.6 Å². The van der Waals surface area contributed by atoms with Crippen molar-refractivity contribution >= 4 is 17.7 Å². The SMILES string of the molecule is COCCCN1CC(CO[C@H]2CN(C(=O)OCc3ccccc3)[C@H](C(=O)N(C)C)C[C@@H]2c2ccc(OC)cc2)Oc2ccccc21. The number of ether oxygens (including phenoxy) is 5. The summed E-state index contributed by atoms with van der Waals surface area (Å²) in [4.78, 5) is 32.5. The van der Waals surface area contributed by atoms with E-state index in [-0.39, 0.29) is 31.1 Å². The van der Waals surface area contributed by atoms with Gasteiger partial charge >= 0.3 is 6.09 Å². The summed E-state index contributed by atoms with van der Waals surface area (Å²) < 4.78 is 29.5. The van der Waals surface area contributed by atoms with Gasteiger partial charge in [0.1, 0.15) is 30.3 Å². The Bertz CT molecular complexity index is 1420. The smallest absolute Gasteiger partial charge is 0.410 e. The largest absolute Gasteiger partial charge is 0.497 e. The first kappa shape index (κ1) is 33.1. The Morgan fingerprint density at radius 3 is 2.39 bits per heavy atom. The van der Waals surface area contributed by atoms with E-state index in [9.17, 15) is 9.59 Å². The molecule has 0 spiro atoms. The molecule has 0 aliphatic carbocycles. The molecule has 2 amide bonds. The van der Waals surface area contributed by atoms with E-state index in [1.54, 1.807) is 28.3 Å². The number of benzene rings is 3. The summed E-state index contributed by atoms with van der Waals surface area (Å²) in [7, 11) is 6.76. The van der Waals surface area contributed by atoms with E-state index >= 15 is 0 Å². The van der Waals surface area contributed by atoms with Gasteiger partial charge in [0.25, 0.3) is 0 Å². The average Bonchev–Trinajstić information content (AvgIpc) is 3.09. The predicted molar refractivity (Wildman–Crippen MR) is 175 cm³/mol. The summed E-state index contributed by atoms with van der Waals surface area (Å²) in [5.41, 5.74) is 2.94. The van der Waals surface area contributed by atoms with Crippen LogP contribution in [0, 0.1) is 0 Å². The zero-order chi connectivity index (χ0) is 32.5. The molecule has 2 aliphatic heterocycles. The highest BCUT2D eigenvalue weighted by molar-refractivity contribution is 5.86. The highest BCUT2D eigenvalue weighted by atomic mass is 16.6. The number of nitrogens with zero attached hydrogens (tertiary/aromatic N) is 3. The third-order valence-electron chi connectivity index (χ3n) is 8.58. The number of likely N-dealkylation sites (N-methyl/N-ethyl adjacent to an activating group) is 1. The van der Waals surface area contributed by atoms with Gasteiger partial charge in [-0.1, -0.05) is 54.6 Å². The summed E-state index contributed by atoms with van der Waals surface area (Å²) >= 11 is 0. The minimum atomic E-state index is -0.709. The van der Waals surface area contributed by atoms with Crippen LogP contribution < -0.4 is 14.4 Å². The summed E-state index contributed by atoms with van der Waals surface area (Å²) in [6.45, 7) is 2.78. The number of anilines is 1. The molecule has 3 aromatic rings. The number of carbonyl (C=O) groups excluding carboxylic acids is 2. The van der Waals surface area contributed by atoms with Crippen LogP contribution in [-0.4, -0.2) is 101 Å². The molecule has 1 fully saturated rings. The number of carbonyl (C=O) groups is 2. The van der Waals surface area contributed by atoms with E-state index in [0.29, 0.717) is 26.2 Å². The predicted octanol–water partition coefficient (Wildman–Crippen LogP) is 4.97. The van der Waals surface area contributed by atoms with Crippen LogP contribution >= 0.6 is 0 Å². The van der Waals surface area contributed by atoms with Gasteiger partial charge in [-0.2, -0.15) is 0 Å². The van der Waals surface area contributed by atoms with Crippen molar-refractivity contribution in [2.45, 2.75) is 43.6 Å². The fraction of sp³-hybridized carbons (Fsp3) is 0.444. The average molecular weight is 632 g/mol. The van der Waals surface area contributed by atoms with Crippen molar-refractivity contribution < 1.29 is 33.3 Å². The standard InChI is InChI=1S/C36H45N3O7/c1-37(2)35(40)32-21-30(27-15-17-28(43-4)18-16-27)34(23-39(32)36(41)45-24-26-11-6-5-7-12-26)44-25-29-22-38(19-10-20-42-3)31-13-8-9-14-33(31)46-29/h5-9,11-18,29-30,32,34H,10,19-25H2,1-4H3/t29?,30-,32+,34+/m1/s1. The Hall–Kier alpha value is -4.28. The van der Waals surface area contributed by atoms with Gasteiger partial charge in [-0.3, -0.25) is 9.69 Å². The van der Waals surface area contributed by atoms with Crippen LogP contribution in [0.5, 0.6) is 11.5 Å².